The molecule has 1 atom stereocenters. The third-order valence-corrected chi connectivity index (χ3v) is 4.60. The molecule has 1 aliphatic carbocycles. The third kappa shape index (κ3) is 3.17. The molecule has 1 aromatic carbocycles. The summed E-state index contributed by atoms with van der Waals surface area (Å²) in [4.78, 5) is 0. The zero-order chi connectivity index (χ0) is 13.9. The quantitative estimate of drug-likeness (QED) is 0.808. The number of halogens is 1. The van der Waals surface area contributed by atoms with Gasteiger partial charge in [0.05, 0.1) is 0 Å². The van der Waals surface area contributed by atoms with Crippen LogP contribution in [0.15, 0.2) is 24.3 Å². The smallest absolute Gasteiger partial charge is 0.123 e. The van der Waals surface area contributed by atoms with E-state index >= 15 is 0 Å². The molecule has 0 radical (unpaired) electrons. The van der Waals surface area contributed by atoms with Crippen molar-refractivity contribution in [1.29, 1.82) is 0 Å². The van der Waals surface area contributed by atoms with Crippen LogP contribution < -0.4 is 5.32 Å². The van der Waals surface area contributed by atoms with Gasteiger partial charge in [0.25, 0.3) is 0 Å². The van der Waals surface area contributed by atoms with Gasteiger partial charge in [-0.2, -0.15) is 0 Å². The van der Waals surface area contributed by atoms with Crippen molar-refractivity contribution in [3.05, 3.63) is 35.6 Å². The summed E-state index contributed by atoms with van der Waals surface area (Å²) in [5.74, 6) is 0.618. The second-order valence-electron chi connectivity index (χ2n) is 6.35. The number of rotatable bonds is 6. The highest BCUT2D eigenvalue weighted by atomic mass is 19.1. The van der Waals surface area contributed by atoms with Gasteiger partial charge in [-0.15, -0.1) is 0 Å². The molecule has 2 rings (SSSR count). The monoisotopic (exact) mass is 263 g/mol. The van der Waals surface area contributed by atoms with E-state index in [-0.39, 0.29) is 11.2 Å². The summed E-state index contributed by atoms with van der Waals surface area (Å²) in [6.07, 6.45) is 5.16. The Kier molecular flexibility index (Phi) is 4.62. The topological polar surface area (TPSA) is 12.0 Å². The SMILES string of the molecule is CCCNC(C1CCC1)C(C)(C)c1ccc(F)cc1. The fraction of sp³-hybridized carbons (Fsp3) is 0.647. The van der Waals surface area contributed by atoms with Crippen LogP contribution >= 0.6 is 0 Å². The fourth-order valence-electron chi connectivity index (χ4n) is 3.14. The molecule has 19 heavy (non-hydrogen) atoms. The molecular formula is C17H26FN. The van der Waals surface area contributed by atoms with Crippen LogP contribution in [-0.2, 0) is 5.41 Å². The molecule has 1 N–H and O–H groups in total. The number of nitrogens with one attached hydrogen (secondary N) is 1. The molecule has 1 fully saturated rings. The normalized spacial score (nSPS) is 18.1. The van der Waals surface area contributed by atoms with E-state index in [9.17, 15) is 4.39 Å². The minimum Gasteiger partial charge on any atom is -0.313 e. The maximum Gasteiger partial charge on any atom is 0.123 e. The lowest BCUT2D eigenvalue weighted by molar-refractivity contribution is 0.165. The van der Waals surface area contributed by atoms with E-state index in [0.29, 0.717) is 6.04 Å². The van der Waals surface area contributed by atoms with E-state index < -0.39 is 0 Å². The van der Waals surface area contributed by atoms with Crippen molar-refractivity contribution < 1.29 is 4.39 Å². The van der Waals surface area contributed by atoms with Crippen LogP contribution in [-0.4, -0.2) is 12.6 Å². The number of hydrogen-bond acceptors (Lipinski definition) is 1. The Balaban J connectivity index is 2.19. The molecule has 1 saturated carbocycles. The molecule has 0 heterocycles. The summed E-state index contributed by atoms with van der Waals surface area (Å²) >= 11 is 0. The molecule has 106 valence electrons. The average molecular weight is 263 g/mol. The third-order valence-electron chi connectivity index (χ3n) is 4.60. The summed E-state index contributed by atoms with van der Waals surface area (Å²) in [5.41, 5.74) is 1.28. The maximum atomic E-state index is 13.1. The van der Waals surface area contributed by atoms with Crippen molar-refractivity contribution in [3.63, 3.8) is 0 Å². The Morgan fingerprint density at radius 1 is 1.26 bits per heavy atom. The van der Waals surface area contributed by atoms with Gasteiger partial charge in [0, 0.05) is 11.5 Å². The Bertz CT molecular complexity index is 392. The van der Waals surface area contributed by atoms with Crippen molar-refractivity contribution in [3.8, 4) is 0 Å². The molecule has 0 aliphatic heterocycles. The van der Waals surface area contributed by atoms with Crippen molar-refractivity contribution in [1.82, 2.24) is 5.32 Å². The lowest BCUT2D eigenvalue weighted by Crippen LogP contribution is -2.51. The standard InChI is InChI=1S/C17H26FN/c1-4-12-19-16(13-6-5-7-13)17(2,3)14-8-10-15(18)11-9-14/h8-11,13,16,19H,4-7,12H2,1-3H3. The molecule has 1 aliphatic rings. The Hall–Kier alpha value is -0.890. The first-order chi connectivity index (χ1) is 9.05. The van der Waals surface area contributed by atoms with Crippen LogP contribution in [0.3, 0.4) is 0 Å². The van der Waals surface area contributed by atoms with E-state index in [2.05, 4.69) is 26.1 Å². The summed E-state index contributed by atoms with van der Waals surface area (Å²) in [6, 6.07) is 7.53. The van der Waals surface area contributed by atoms with Crippen molar-refractivity contribution >= 4 is 0 Å². The predicted molar refractivity (Wildman–Crippen MR) is 78.8 cm³/mol. The van der Waals surface area contributed by atoms with Gasteiger partial charge in [-0.1, -0.05) is 39.3 Å². The molecule has 0 spiro atoms. The molecule has 0 amide bonds. The second kappa shape index (κ2) is 6.04. The summed E-state index contributed by atoms with van der Waals surface area (Å²) < 4.78 is 13.1. The van der Waals surface area contributed by atoms with Crippen LogP contribution in [0.25, 0.3) is 0 Å². The first kappa shape index (κ1) is 14.5. The summed E-state index contributed by atoms with van der Waals surface area (Å²) in [7, 11) is 0. The summed E-state index contributed by atoms with van der Waals surface area (Å²) in [5, 5.41) is 3.73. The van der Waals surface area contributed by atoms with Crippen molar-refractivity contribution in [2.24, 2.45) is 5.92 Å². The first-order valence-electron chi connectivity index (χ1n) is 7.55. The lowest BCUT2D eigenvalue weighted by Gasteiger charge is -2.44. The van der Waals surface area contributed by atoms with Crippen LogP contribution in [0.5, 0.6) is 0 Å². The van der Waals surface area contributed by atoms with E-state index in [0.717, 1.165) is 18.9 Å². The van der Waals surface area contributed by atoms with Crippen LogP contribution in [0.2, 0.25) is 0 Å². The molecule has 2 heteroatoms. The molecule has 0 aromatic heterocycles. The highest BCUT2D eigenvalue weighted by Crippen LogP contribution is 2.39. The maximum absolute atomic E-state index is 13.1. The van der Waals surface area contributed by atoms with Gasteiger partial charge in [-0.3, -0.25) is 0 Å². The summed E-state index contributed by atoms with van der Waals surface area (Å²) in [6.45, 7) is 7.83. The van der Waals surface area contributed by atoms with Gasteiger partial charge in [-0.25, -0.2) is 4.39 Å². The molecule has 1 nitrogen and oxygen atoms in total. The number of hydrogen-bond donors (Lipinski definition) is 1. The molecular weight excluding hydrogens is 237 g/mol. The second-order valence-corrected chi connectivity index (χ2v) is 6.35. The van der Waals surface area contributed by atoms with Gasteiger partial charge in [-0.05, 0) is 49.4 Å². The van der Waals surface area contributed by atoms with Crippen molar-refractivity contribution in [2.75, 3.05) is 6.54 Å². The average Bonchev–Trinajstić information content (AvgIpc) is 2.32. The van der Waals surface area contributed by atoms with E-state index in [1.807, 2.05) is 12.1 Å². The van der Waals surface area contributed by atoms with Gasteiger partial charge in [0.2, 0.25) is 0 Å². The Morgan fingerprint density at radius 3 is 2.37 bits per heavy atom. The fourth-order valence-corrected chi connectivity index (χ4v) is 3.14. The van der Waals surface area contributed by atoms with Crippen LogP contribution in [0, 0.1) is 11.7 Å². The highest BCUT2D eigenvalue weighted by molar-refractivity contribution is 5.27. The molecule has 1 aromatic rings. The zero-order valence-corrected chi connectivity index (χ0v) is 12.4. The van der Waals surface area contributed by atoms with Gasteiger partial charge in [0.15, 0.2) is 0 Å². The minimum absolute atomic E-state index is 0.0496. The Labute approximate surface area is 116 Å². The van der Waals surface area contributed by atoms with Gasteiger partial charge in [0.1, 0.15) is 5.82 Å². The van der Waals surface area contributed by atoms with E-state index in [1.165, 1.54) is 24.8 Å². The van der Waals surface area contributed by atoms with Gasteiger partial charge < -0.3 is 5.32 Å². The van der Waals surface area contributed by atoms with E-state index in [1.54, 1.807) is 12.1 Å². The Morgan fingerprint density at radius 2 is 1.89 bits per heavy atom. The minimum atomic E-state index is -0.152. The van der Waals surface area contributed by atoms with Gasteiger partial charge >= 0.3 is 0 Å². The predicted octanol–water partition coefficient (Wildman–Crippen LogP) is 4.27. The van der Waals surface area contributed by atoms with E-state index in [4.69, 9.17) is 0 Å². The highest BCUT2D eigenvalue weighted by Gasteiger charge is 2.38. The largest absolute Gasteiger partial charge is 0.313 e. The lowest BCUT2D eigenvalue weighted by atomic mass is 9.66. The molecule has 1 unspecified atom stereocenters. The number of benzene rings is 1. The zero-order valence-electron chi connectivity index (χ0n) is 12.4. The molecule has 0 bridgehead atoms. The molecule has 0 saturated heterocycles. The van der Waals surface area contributed by atoms with Crippen LogP contribution in [0.1, 0.15) is 52.0 Å². The van der Waals surface area contributed by atoms with Crippen molar-refractivity contribution in [2.45, 2.75) is 57.9 Å². The van der Waals surface area contributed by atoms with Crippen LogP contribution in [0.4, 0.5) is 4.39 Å². The first-order valence-corrected chi connectivity index (χ1v) is 7.55.